The molecule has 0 aromatic heterocycles. The molecule has 1 unspecified atom stereocenters. The standard InChI is InChI=1S/C27H29N3O2/c1-16-6-9-19(12-17(16)2)30-22-13-27(3,4)14-23(31)25(22)24(21(15-28)26(30)29)18-7-10-20(32-5)11-8-18/h6-12,24H,13-14,29H2,1-5H3. The van der Waals surface area contributed by atoms with Gasteiger partial charge in [-0.05, 0) is 66.6 Å². The lowest BCUT2D eigenvalue weighted by atomic mass is 9.68. The molecule has 2 N–H and O–H groups in total. The summed E-state index contributed by atoms with van der Waals surface area (Å²) >= 11 is 0. The predicted molar refractivity (Wildman–Crippen MR) is 126 cm³/mol. The summed E-state index contributed by atoms with van der Waals surface area (Å²) in [4.78, 5) is 15.5. The number of aryl methyl sites for hydroxylation is 2. The monoisotopic (exact) mass is 427 g/mol. The van der Waals surface area contributed by atoms with E-state index in [2.05, 4.69) is 45.9 Å². The van der Waals surface area contributed by atoms with Gasteiger partial charge in [-0.1, -0.05) is 32.0 Å². The number of hydrogen-bond donors (Lipinski definition) is 1. The lowest BCUT2D eigenvalue weighted by Crippen LogP contribution is -2.42. The molecule has 2 aromatic rings. The number of carbonyl (C=O) groups is 1. The second-order valence-electron chi connectivity index (χ2n) is 9.52. The van der Waals surface area contributed by atoms with Crippen molar-refractivity contribution >= 4 is 11.5 Å². The Hall–Kier alpha value is -3.52. The second-order valence-corrected chi connectivity index (χ2v) is 9.52. The molecule has 32 heavy (non-hydrogen) atoms. The quantitative estimate of drug-likeness (QED) is 0.723. The summed E-state index contributed by atoms with van der Waals surface area (Å²) in [6.45, 7) is 8.33. The van der Waals surface area contributed by atoms with Crippen molar-refractivity contribution in [2.75, 3.05) is 12.0 Å². The van der Waals surface area contributed by atoms with Crippen molar-refractivity contribution in [1.82, 2.24) is 0 Å². The van der Waals surface area contributed by atoms with Crippen LogP contribution in [-0.4, -0.2) is 12.9 Å². The Balaban J connectivity index is 1.98. The van der Waals surface area contributed by atoms with Crippen molar-refractivity contribution in [3.63, 3.8) is 0 Å². The fourth-order valence-corrected chi connectivity index (χ4v) is 4.80. The highest BCUT2D eigenvalue weighted by Crippen LogP contribution is 2.50. The fourth-order valence-electron chi connectivity index (χ4n) is 4.80. The van der Waals surface area contributed by atoms with E-state index < -0.39 is 5.92 Å². The fraction of sp³-hybridized carbons (Fsp3) is 0.333. The Bertz CT molecular complexity index is 1200. The number of allylic oxidation sites excluding steroid dienone is 3. The third-order valence-corrected chi connectivity index (χ3v) is 6.58. The van der Waals surface area contributed by atoms with Crippen LogP contribution in [0.25, 0.3) is 0 Å². The maximum absolute atomic E-state index is 13.5. The molecule has 0 radical (unpaired) electrons. The molecule has 0 bridgehead atoms. The molecule has 1 heterocycles. The number of Topliss-reactive ketones (excluding diaryl/α,β-unsaturated/α-hetero) is 1. The zero-order valence-electron chi connectivity index (χ0n) is 19.3. The van der Waals surface area contributed by atoms with Crippen LogP contribution in [0.2, 0.25) is 0 Å². The maximum atomic E-state index is 13.5. The molecule has 2 aromatic carbocycles. The van der Waals surface area contributed by atoms with Crippen LogP contribution in [0.4, 0.5) is 5.69 Å². The summed E-state index contributed by atoms with van der Waals surface area (Å²) in [5.41, 5.74) is 12.5. The van der Waals surface area contributed by atoms with E-state index in [-0.39, 0.29) is 11.2 Å². The normalized spacial score (nSPS) is 20.2. The van der Waals surface area contributed by atoms with E-state index >= 15 is 0 Å². The smallest absolute Gasteiger partial charge is 0.162 e. The summed E-state index contributed by atoms with van der Waals surface area (Å²) in [6.07, 6.45) is 1.14. The van der Waals surface area contributed by atoms with Crippen LogP contribution < -0.4 is 15.4 Å². The molecule has 0 fully saturated rings. The van der Waals surface area contributed by atoms with Gasteiger partial charge in [0, 0.05) is 23.4 Å². The molecular weight excluding hydrogens is 398 g/mol. The van der Waals surface area contributed by atoms with Crippen LogP contribution in [0.3, 0.4) is 0 Å². The van der Waals surface area contributed by atoms with Crippen molar-refractivity contribution in [3.05, 3.63) is 81.8 Å². The number of nitriles is 1. The van der Waals surface area contributed by atoms with Gasteiger partial charge >= 0.3 is 0 Å². The first-order chi connectivity index (χ1) is 15.2. The lowest BCUT2D eigenvalue weighted by molar-refractivity contribution is -0.118. The van der Waals surface area contributed by atoms with Gasteiger partial charge in [-0.25, -0.2) is 0 Å². The Labute approximate surface area is 189 Å². The van der Waals surface area contributed by atoms with Crippen molar-refractivity contribution in [1.29, 1.82) is 5.26 Å². The van der Waals surface area contributed by atoms with Crippen molar-refractivity contribution in [2.24, 2.45) is 11.1 Å². The third kappa shape index (κ3) is 3.56. The van der Waals surface area contributed by atoms with Crippen LogP contribution in [0.1, 0.15) is 49.3 Å². The van der Waals surface area contributed by atoms with Crippen LogP contribution in [0.15, 0.2) is 65.1 Å². The van der Waals surface area contributed by atoms with Crippen LogP contribution >= 0.6 is 0 Å². The van der Waals surface area contributed by atoms with Gasteiger partial charge in [0.05, 0.1) is 24.7 Å². The topological polar surface area (TPSA) is 79.3 Å². The minimum atomic E-state index is -0.479. The highest BCUT2D eigenvalue weighted by Gasteiger charge is 2.44. The Morgan fingerprint density at radius 3 is 2.38 bits per heavy atom. The Morgan fingerprint density at radius 1 is 1.09 bits per heavy atom. The van der Waals surface area contributed by atoms with E-state index in [9.17, 15) is 10.1 Å². The number of ether oxygens (including phenoxy) is 1. The number of ketones is 1. The number of hydrogen-bond acceptors (Lipinski definition) is 5. The van der Waals surface area contributed by atoms with Crippen LogP contribution in [-0.2, 0) is 4.79 Å². The average molecular weight is 428 g/mol. The number of anilines is 1. The first kappa shape index (κ1) is 21.7. The number of nitrogens with zero attached hydrogens (tertiary/aromatic N) is 2. The van der Waals surface area contributed by atoms with Crippen molar-refractivity contribution in [2.45, 2.75) is 46.5 Å². The molecule has 2 aliphatic rings. The first-order valence-corrected chi connectivity index (χ1v) is 10.8. The molecule has 1 aliphatic heterocycles. The molecule has 1 aliphatic carbocycles. The third-order valence-electron chi connectivity index (χ3n) is 6.58. The zero-order valence-corrected chi connectivity index (χ0v) is 19.3. The highest BCUT2D eigenvalue weighted by atomic mass is 16.5. The van der Waals surface area contributed by atoms with Gasteiger partial charge in [-0.3, -0.25) is 9.69 Å². The molecule has 1 atom stereocenters. The highest BCUT2D eigenvalue weighted by molar-refractivity contribution is 6.01. The predicted octanol–water partition coefficient (Wildman–Crippen LogP) is 5.25. The number of rotatable bonds is 3. The summed E-state index contributed by atoms with van der Waals surface area (Å²) < 4.78 is 5.29. The molecule has 4 rings (SSSR count). The summed E-state index contributed by atoms with van der Waals surface area (Å²) in [5, 5.41) is 10.2. The van der Waals surface area contributed by atoms with E-state index in [4.69, 9.17) is 10.5 Å². The van der Waals surface area contributed by atoms with Crippen molar-refractivity contribution < 1.29 is 9.53 Å². The van der Waals surface area contributed by atoms with Gasteiger partial charge < -0.3 is 10.5 Å². The van der Waals surface area contributed by atoms with Crippen LogP contribution in [0, 0.1) is 30.6 Å². The SMILES string of the molecule is COc1ccc(C2C(C#N)=C(N)N(c3ccc(C)c(C)c3)C3=C2C(=O)CC(C)(C)C3)cc1. The zero-order chi connectivity index (χ0) is 23.2. The largest absolute Gasteiger partial charge is 0.497 e. The van der Waals surface area contributed by atoms with E-state index in [1.807, 2.05) is 35.2 Å². The summed E-state index contributed by atoms with van der Waals surface area (Å²) in [5.74, 6) is 0.710. The van der Waals surface area contributed by atoms with Gasteiger partial charge in [-0.2, -0.15) is 5.26 Å². The second kappa shape index (κ2) is 7.87. The van der Waals surface area contributed by atoms with E-state index in [0.717, 1.165) is 28.3 Å². The molecule has 0 saturated carbocycles. The van der Waals surface area contributed by atoms with E-state index in [1.54, 1.807) is 7.11 Å². The molecule has 5 nitrogen and oxygen atoms in total. The maximum Gasteiger partial charge on any atom is 0.162 e. The number of carbonyl (C=O) groups excluding carboxylic acids is 1. The number of methoxy groups -OCH3 is 1. The van der Waals surface area contributed by atoms with Gasteiger partial charge in [0.15, 0.2) is 5.78 Å². The molecular formula is C27H29N3O2. The molecule has 0 saturated heterocycles. The minimum absolute atomic E-state index is 0.0751. The van der Waals surface area contributed by atoms with Crippen LogP contribution in [0.5, 0.6) is 5.75 Å². The summed E-state index contributed by atoms with van der Waals surface area (Å²) in [7, 11) is 1.61. The van der Waals surface area contributed by atoms with Gasteiger partial charge in [0.2, 0.25) is 0 Å². The molecule has 0 spiro atoms. The number of nitrogens with two attached hydrogens (primary N) is 1. The lowest BCUT2D eigenvalue weighted by Gasteiger charge is -2.44. The average Bonchev–Trinajstić information content (AvgIpc) is 2.74. The van der Waals surface area contributed by atoms with Crippen molar-refractivity contribution in [3.8, 4) is 11.8 Å². The van der Waals surface area contributed by atoms with E-state index in [1.165, 1.54) is 5.56 Å². The summed E-state index contributed by atoms with van der Waals surface area (Å²) in [6, 6.07) is 16.0. The Kier molecular flexibility index (Phi) is 5.34. The number of benzene rings is 2. The van der Waals surface area contributed by atoms with Gasteiger partial charge in [0.25, 0.3) is 0 Å². The molecule has 0 amide bonds. The Morgan fingerprint density at radius 2 is 1.78 bits per heavy atom. The van der Waals surface area contributed by atoms with E-state index in [0.29, 0.717) is 29.8 Å². The van der Waals surface area contributed by atoms with Gasteiger partial charge in [0.1, 0.15) is 11.6 Å². The minimum Gasteiger partial charge on any atom is -0.497 e. The first-order valence-electron chi connectivity index (χ1n) is 10.8. The molecule has 5 heteroatoms. The molecule has 164 valence electrons. The van der Waals surface area contributed by atoms with Gasteiger partial charge in [-0.15, -0.1) is 0 Å².